The van der Waals surface area contributed by atoms with Crippen LogP contribution < -0.4 is 10.5 Å². The number of esters is 1. The van der Waals surface area contributed by atoms with Gasteiger partial charge in [0.15, 0.2) is 0 Å². The van der Waals surface area contributed by atoms with Gasteiger partial charge in [-0.25, -0.2) is 14.0 Å². The summed E-state index contributed by atoms with van der Waals surface area (Å²) in [6.45, 7) is 5.46. The molecule has 32 heavy (non-hydrogen) atoms. The summed E-state index contributed by atoms with van der Waals surface area (Å²) < 4.78 is 35.2. The summed E-state index contributed by atoms with van der Waals surface area (Å²) in [6, 6.07) is 10.3. The lowest BCUT2D eigenvalue weighted by molar-refractivity contribution is 0.0640. The Kier molecular flexibility index (Phi) is 5.40. The topological polar surface area (TPSA) is 118 Å². The molecule has 0 saturated heterocycles. The van der Waals surface area contributed by atoms with Gasteiger partial charge in [0.25, 0.3) is 0 Å². The maximum absolute atomic E-state index is 13.4. The van der Waals surface area contributed by atoms with Crippen LogP contribution in [0.3, 0.4) is 0 Å². The van der Waals surface area contributed by atoms with Crippen molar-refractivity contribution in [2.24, 2.45) is 5.73 Å². The average Bonchev–Trinajstić information content (AvgIpc) is 3.30. The van der Waals surface area contributed by atoms with Gasteiger partial charge < -0.3 is 24.1 Å². The number of hydrogen-bond acceptors (Lipinski definition) is 7. The smallest absolute Gasteiger partial charge is 0.412 e. The van der Waals surface area contributed by atoms with Gasteiger partial charge in [-0.2, -0.15) is 0 Å². The van der Waals surface area contributed by atoms with Crippen LogP contribution in [0.2, 0.25) is 0 Å². The van der Waals surface area contributed by atoms with Crippen LogP contribution in [0, 0.1) is 12.7 Å². The van der Waals surface area contributed by atoms with E-state index in [1.54, 1.807) is 25.1 Å². The van der Waals surface area contributed by atoms with Crippen molar-refractivity contribution in [1.29, 1.82) is 0 Å². The first-order chi connectivity index (χ1) is 15.2. The lowest BCUT2D eigenvalue weighted by atomic mass is 10.0. The van der Waals surface area contributed by atoms with E-state index < -0.39 is 17.9 Å². The van der Waals surface area contributed by atoms with E-state index in [4.69, 9.17) is 19.4 Å². The quantitative estimate of drug-likeness (QED) is 0.335. The van der Waals surface area contributed by atoms with Crippen LogP contribution in [0.25, 0.3) is 33.6 Å². The van der Waals surface area contributed by atoms with Gasteiger partial charge in [0, 0.05) is 22.6 Å². The first-order valence-corrected chi connectivity index (χ1v) is 9.71. The molecule has 0 bridgehead atoms. The molecule has 0 aliphatic carbocycles. The summed E-state index contributed by atoms with van der Waals surface area (Å²) in [5, 5.41) is 4.37. The highest BCUT2D eigenvalue weighted by molar-refractivity contribution is 6.12. The van der Waals surface area contributed by atoms with Gasteiger partial charge in [0.05, 0.1) is 6.10 Å². The first kappa shape index (κ1) is 21.1. The number of nitrogens with zero attached hydrogens (tertiary/aromatic N) is 1. The molecule has 0 fully saturated rings. The van der Waals surface area contributed by atoms with Crippen molar-refractivity contribution in [2.45, 2.75) is 26.9 Å². The van der Waals surface area contributed by atoms with E-state index in [0.717, 1.165) is 0 Å². The van der Waals surface area contributed by atoms with E-state index in [9.17, 15) is 14.0 Å². The molecular formula is C23H19FN2O6. The third-order valence-electron chi connectivity index (χ3n) is 4.56. The van der Waals surface area contributed by atoms with Gasteiger partial charge in [-0.1, -0.05) is 5.16 Å². The zero-order valence-electron chi connectivity index (χ0n) is 17.5. The van der Waals surface area contributed by atoms with Gasteiger partial charge in [-0.3, -0.25) is 0 Å². The number of ether oxygens (including phenoxy) is 2. The lowest BCUT2D eigenvalue weighted by Crippen LogP contribution is -2.18. The summed E-state index contributed by atoms with van der Waals surface area (Å²) in [4.78, 5) is 24.0. The molecule has 2 aromatic carbocycles. The molecule has 4 aromatic rings. The zero-order chi connectivity index (χ0) is 23.0. The third kappa shape index (κ3) is 4.04. The number of carbonyl (C=O) groups is 2. The molecule has 8 nitrogen and oxygen atoms in total. The predicted octanol–water partition coefficient (Wildman–Crippen LogP) is 5.23. The molecule has 0 spiro atoms. The second-order valence-electron chi connectivity index (χ2n) is 7.36. The fraction of sp³-hybridized carbons (Fsp3) is 0.174. The number of carbonyl (C=O) groups excluding carboxylic acids is 2. The number of nitrogens with two attached hydrogens (primary N) is 1. The molecule has 0 aliphatic heterocycles. The van der Waals surface area contributed by atoms with Crippen molar-refractivity contribution in [3.05, 3.63) is 59.6 Å². The minimum Gasteiger partial charge on any atom is -0.490 e. The Hall–Kier alpha value is -4.14. The van der Waals surface area contributed by atoms with E-state index in [1.165, 1.54) is 24.3 Å². The number of halogens is 1. The Morgan fingerprint density at radius 1 is 1.12 bits per heavy atom. The Labute approximate surface area is 181 Å². The monoisotopic (exact) mass is 438 g/mol. The minimum absolute atomic E-state index is 0.0399. The molecule has 2 N–H and O–H groups in total. The van der Waals surface area contributed by atoms with Crippen molar-refractivity contribution in [2.75, 3.05) is 0 Å². The van der Waals surface area contributed by atoms with Crippen LogP contribution in [0.15, 0.2) is 51.4 Å². The van der Waals surface area contributed by atoms with Crippen molar-refractivity contribution < 1.29 is 32.4 Å². The van der Waals surface area contributed by atoms with Gasteiger partial charge >= 0.3 is 12.1 Å². The van der Waals surface area contributed by atoms with Crippen molar-refractivity contribution in [1.82, 2.24) is 5.16 Å². The normalized spacial score (nSPS) is 11.2. The van der Waals surface area contributed by atoms with Crippen LogP contribution in [-0.4, -0.2) is 23.3 Å². The molecule has 2 heterocycles. The molecule has 0 saturated carbocycles. The molecular weight excluding hydrogens is 419 g/mol. The number of rotatable bonds is 5. The summed E-state index contributed by atoms with van der Waals surface area (Å²) in [5.74, 6) is -0.345. The molecule has 0 aliphatic rings. The number of primary amides is 1. The lowest BCUT2D eigenvalue weighted by Gasteiger charge is -2.13. The highest BCUT2D eigenvalue weighted by Gasteiger charge is 2.27. The Morgan fingerprint density at radius 3 is 2.44 bits per heavy atom. The summed E-state index contributed by atoms with van der Waals surface area (Å²) in [7, 11) is 0. The van der Waals surface area contributed by atoms with Gasteiger partial charge in [0.1, 0.15) is 39.9 Å². The maximum Gasteiger partial charge on any atom is 0.412 e. The SMILES string of the molecule is Cc1cc(-c2cc3oc(-c4ccc(F)cc4)c(C(=O)OC(N)=O)c3cc2OC(C)C)no1. The number of furan rings is 1. The number of fused-ring (bicyclic) bond motifs is 1. The average molecular weight is 438 g/mol. The highest BCUT2D eigenvalue weighted by atomic mass is 19.1. The van der Waals surface area contributed by atoms with E-state index in [0.29, 0.717) is 39.3 Å². The first-order valence-electron chi connectivity index (χ1n) is 9.71. The van der Waals surface area contributed by atoms with Crippen molar-refractivity contribution in [3.63, 3.8) is 0 Å². The van der Waals surface area contributed by atoms with Gasteiger partial charge in [-0.05, 0) is 57.2 Å². The number of amides is 1. The van der Waals surface area contributed by atoms with Crippen molar-refractivity contribution in [3.8, 4) is 28.3 Å². The van der Waals surface area contributed by atoms with Crippen LogP contribution in [0.5, 0.6) is 5.75 Å². The van der Waals surface area contributed by atoms with Gasteiger partial charge in [0.2, 0.25) is 0 Å². The summed E-state index contributed by atoms with van der Waals surface area (Å²) >= 11 is 0. The second-order valence-corrected chi connectivity index (χ2v) is 7.36. The molecule has 0 atom stereocenters. The van der Waals surface area contributed by atoms with Crippen LogP contribution in [-0.2, 0) is 4.74 Å². The standard InChI is InChI=1S/C23H19FN2O6/c1-11(2)29-18-10-16-19(9-15(18)17-8-12(3)32-26-17)30-21(13-4-6-14(24)7-5-13)20(16)22(27)31-23(25)28/h4-11H,1-3H3,(H2,25,28). The molecule has 164 valence electrons. The zero-order valence-corrected chi connectivity index (χ0v) is 17.5. The second kappa shape index (κ2) is 8.18. The fourth-order valence-corrected chi connectivity index (χ4v) is 3.32. The highest BCUT2D eigenvalue weighted by Crippen LogP contribution is 2.41. The molecule has 2 aromatic heterocycles. The third-order valence-corrected chi connectivity index (χ3v) is 4.56. The molecule has 1 amide bonds. The fourth-order valence-electron chi connectivity index (χ4n) is 3.32. The van der Waals surface area contributed by atoms with Crippen LogP contribution >= 0.6 is 0 Å². The van der Waals surface area contributed by atoms with Crippen LogP contribution in [0.1, 0.15) is 30.0 Å². The van der Waals surface area contributed by atoms with E-state index in [-0.39, 0.29) is 17.4 Å². The molecule has 0 radical (unpaired) electrons. The van der Waals surface area contributed by atoms with E-state index in [1.807, 2.05) is 13.8 Å². The minimum atomic E-state index is -1.26. The van der Waals surface area contributed by atoms with Crippen molar-refractivity contribution >= 4 is 23.0 Å². The molecule has 9 heteroatoms. The Bertz CT molecular complexity index is 1320. The number of aryl methyl sites for hydroxylation is 1. The van der Waals surface area contributed by atoms with E-state index in [2.05, 4.69) is 9.89 Å². The number of aromatic nitrogens is 1. The summed E-state index contributed by atoms with van der Waals surface area (Å²) in [6.07, 6.45) is -1.45. The number of benzene rings is 2. The Balaban J connectivity index is 1.99. The Morgan fingerprint density at radius 2 is 1.84 bits per heavy atom. The maximum atomic E-state index is 13.4. The van der Waals surface area contributed by atoms with Crippen LogP contribution in [0.4, 0.5) is 9.18 Å². The summed E-state index contributed by atoms with van der Waals surface area (Å²) in [5.41, 5.74) is 6.81. The molecule has 0 unspecified atom stereocenters. The largest absolute Gasteiger partial charge is 0.490 e. The predicted molar refractivity (Wildman–Crippen MR) is 113 cm³/mol. The van der Waals surface area contributed by atoms with Gasteiger partial charge in [-0.15, -0.1) is 0 Å². The number of hydrogen-bond donors (Lipinski definition) is 1. The molecule has 4 rings (SSSR count). The van der Waals surface area contributed by atoms with E-state index >= 15 is 0 Å².